The summed E-state index contributed by atoms with van der Waals surface area (Å²) < 4.78 is 5.22. The fourth-order valence-electron chi connectivity index (χ4n) is 1.22. The van der Waals surface area contributed by atoms with Crippen molar-refractivity contribution in [3.05, 3.63) is 36.9 Å². The molecule has 0 aliphatic rings. The number of anilines is 1. The normalized spacial score (nSPS) is 9.12. The van der Waals surface area contributed by atoms with E-state index in [9.17, 15) is 4.79 Å². The van der Waals surface area contributed by atoms with Crippen LogP contribution >= 0.6 is 0 Å². The van der Waals surface area contributed by atoms with Gasteiger partial charge in [-0.15, -0.1) is 13.0 Å². The summed E-state index contributed by atoms with van der Waals surface area (Å²) in [5.41, 5.74) is 0.743. The number of amides is 1. The minimum absolute atomic E-state index is 0.0257. The maximum absolute atomic E-state index is 11.4. The van der Waals surface area contributed by atoms with Gasteiger partial charge in [0.1, 0.15) is 12.4 Å². The number of carbonyl (C=O) groups is 1. The molecule has 0 saturated carbocycles. The van der Waals surface area contributed by atoms with Crippen molar-refractivity contribution in [3.63, 3.8) is 0 Å². The largest absolute Gasteiger partial charge is 0.481 e. The van der Waals surface area contributed by atoms with Gasteiger partial charge in [0, 0.05) is 12.1 Å². The molecule has 0 radical (unpaired) electrons. The second-order valence-corrected chi connectivity index (χ2v) is 3.39. The minimum atomic E-state index is -0.0257. The number of ether oxygens (including phenoxy) is 1. The van der Waals surface area contributed by atoms with E-state index in [1.807, 2.05) is 0 Å². The van der Waals surface area contributed by atoms with E-state index in [0.717, 1.165) is 5.69 Å². The van der Waals surface area contributed by atoms with Crippen molar-refractivity contribution < 1.29 is 9.53 Å². The number of carbonyl (C=O) groups excluding carboxylic acids is 1. The molecule has 0 aromatic heterocycles. The summed E-state index contributed by atoms with van der Waals surface area (Å²) in [6, 6.07) is 7.08. The lowest BCUT2D eigenvalue weighted by Crippen LogP contribution is -2.10. The first-order valence-electron chi connectivity index (χ1n) is 5.33. The highest BCUT2D eigenvalue weighted by Crippen LogP contribution is 2.15. The Morgan fingerprint density at radius 2 is 2.18 bits per heavy atom. The number of nitrogens with one attached hydrogen (secondary N) is 1. The number of terminal acetylenes is 1. The van der Waals surface area contributed by atoms with Crippen molar-refractivity contribution in [1.82, 2.24) is 0 Å². The van der Waals surface area contributed by atoms with E-state index in [4.69, 9.17) is 11.2 Å². The van der Waals surface area contributed by atoms with Crippen molar-refractivity contribution in [1.29, 1.82) is 0 Å². The van der Waals surface area contributed by atoms with Gasteiger partial charge in [-0.2, -0.15) is 0 Å². The van der Waals surface area contributed by atoms with Crippen LogP contribution in [0.2, 0.25) is 0 Å². The zero-order chi connectivity index (χ0) is 12.5. The number of hydrogen-bond acceptors (Lipinski definition) is 2. The Bertz CT molecular complexity index is 415. The van der Waals surface area contributed by atoms with E-state index >= 15 is 0 Å². The number of hydrogen-bond donors (Lipinski definition) is 1. The van der Waals surface area contributed by atoms with Crippen molar-refractivity contribution in [2.75, 3.05) is 11.9 Å². The van der Waals surface area contributed by atoms with Crippen LogP contribution < -0.4 is 10.1 Å². The summed E-state index contributed by atoms with van der Waals surface area (Å²) in [5.74, 6) is 3.05. The van der Waals surface area contributed by atoms with E-state index in [2.05, 4.69) is 17.8 Å². The Kier molecular flexibility index (Phi) is 5.39. The van der Waals surface area contributed by atoms with Crippen molar-refractivity contribution >= 4 is 11.6 Å². The molecule has 0 saturated heterocycles. The first-order chi connectivity index (χ1) is 8.26. The van der Waals surface area contributed by atoms with Crippen molar-refractivity contribution in [2.45, 2.75) is 12.8 Å². The third-order valence-corrected chi connectivity index (χ3v) is 2.04. The van der Waals surface area contributed by atoms with Gasteiger partial charge in [-0.1, -0.05) is 12.0 Å². The van der Waals surface area contributed by atoms with Gasteiger partial charge >= 0.3 is 0 Å². The molecule has 0 spiro atoms. The van der Waals surface area contributed by atoms with E-state index in [-0.39, 0.29) is 12.5 Å². The zero-order valence-electron chi connectivity index (χ0n) is 9.61. The van der Waals surface area contributed by atoms with Crippen LogP contribution in [0.3, 0.4) is 0 Å². The molecule has 1 rings (SSSR count). The molecule has 1 amide bonds. The Hall–Kier alpha value is -2.21. The number of benzene rings is 1. The van der Waals surface area contributed by atoms with E-state index in [1.54, 1.807) is 30.3 Å². The molecule has 0 aliphatic heterocycles. The van der Waals surface area contributed by atoms with E-state index < -0.39 is 0 Å². The Balaban J connectivity index is 2.47. The molecule has 1 N–H and O–H groups in total. The highest BCUT2D eigenvalue weighted by molar-refractivity contribution is 5.90. The fourth-order valence-corrected chi connectivity index (χ4v) is 1.22. The molecule has 17 heavy (non-hydrogen) atoms. The van der Waals surface area contributed by atoms with Crippen LogP contribution in [0.4, 0.5) is 5.69 Å². The van der Waals surface area contributed by atoms with Crippen LogP contribution in [0.25, 0.3) is 0 Å². The van der Waals surface area contributed by atoms with E-state index in [0.29, 0.717) is 18.6 Å². The van der Waals surface area contributed by atoms with Crippen LogP contribution in [0.5, 0.6) is 5.75 Å². The quantitative estimate of drug-likeness (QED) is 0.601. The van der Waals surface area contributed by atoms with Gasteiger partial charge in [0.25, 0.3) is 0 Å². The number of allylic oxidation sites excluding steroid dienone is 1. The molecule has 88 valence electrons. The first-order valence-corrected chi connectivity index (χ1v) is 5.33. The molecule has 1 aromatic rings. The summed E-state index contributed by atoms with van der Waals surface area (Å²) in [6.45, 7) is 3.81. The molecule has 0 fully saturated rings. The zero-order valence-corrected chi connectivity index (χ0v) is 9.61. The molecule has 1 aromatic carbocycles. The Morgan fingerprint density at radius 1 is 1.47 bits per heavy atom. The molecule has 0 heterocycles. The van der Waals surface area contributed by atoms with Gasteiger partial charge in [0.2, 0.25) is 5.91 Å². The smallest absolute Gasteiger partial charge is 0.224 e. The highest BCUT2D eigenvalue weighted by atomic mass is 16.5. The molecule has 3 nitrogen and oxygen atoms in total. The average molecular weight is 229 g/mol. The SMILES string of the molecule is C#CCOc1ccc(NC(=O)CCC=C)cc1. The maximum atomic E-state index is 11.4. The van der Waals surface area contributed by atoms with E-state index in [1.165, 1.54) is 0 Å². The van der Waals surface area contributed by atoms with Gasteiger partial charge in [-0.3, -0.25) is 4.79 Å². The van der Waals surface area contributed by atoms with Crippen LogP contribution in [0.15, 0.2) is 36.9 Å². The third-order valence-electron chi connectivity index (χ3n) is 2.04. The molecular formula is C14H15NO2. The molecule has 0 unspecified atom stereocenters. The van der Waals surface area contributed by atoms with Gasteiger partial charge in [-0.25, -0.2) is 0 Å². The second-order valence-electron chi connectivity index (χ2n) is 3.39. The van der Waals surface area contributed by atoms with Crippen LogP contribution in [-0.2, 0) is 4.79 Å². The van der Waals surface area contributed by atoms with Crippen LogP contribution in [-0.4, -0.2) is 12.5 Å². The lowest BCUT2D eigenvalue weighted by atomic mass is 10.2. The van der Waals surface area contributed by atoms with Crippen molar-refractivity contribution in [3.8, 4) is 18.1 Å². The van der Waals surface area contributed by atoms with Crippen molar-refractivity contribution in [2.24, 2.45) is 0 Å². The van der Waals surface area contributed by atoms with Gasteiger partial charge in [0.05, 0.1) is 0 Å². The summed E-state index contributed by atoms with van der Waals surface area (Å²) in [4.78, 5) is 11.4. The third kappa shape index (κ3) is 4.89. The van der Waals surface area contributed by atoms with Gasteiger partial charge in [-0.05, 0) is 30.7 Å². The Morgan fingerprint density at radius 3 is 2.76 bits per heavy atom. The summed E-state index contributed by atoms with van der Waals surface area (Å²) in [6.07, 6.45) is 7.92. The number of rotatable bonds is 6. The molecular weight excluding hydrogens is 214 g/mol. The Labute approximate surface area is 101 Å². The standard InChI is InChI=1S/C14H15NO2/c1-3-5-6-14(16)15-12-7-9-13(10-8-12)17-11-4-2/h2-3,7-10H,1,5-6,11H2,(H,15,16). The highest BCUT2D eigenvalue weighted by Gasteiger charge is 2.00. The molecule has 0 atom stereocenters. The van der Waals surface area contributed by atoms with Gasteiger partial charge in [0.15, 0.2) is 0 Å². The lowest BCUT2D eigenvalue weighted by molar-refractivity contribution is -0.116. The monoisotopic (exact) mass is 229 g/mol. The molecule has 0 aliphatic carbocycles. The topological polar surface area (TPSA) is 38.3 Å². The maximum Gasteiger partial charge on any atom is 0.224 e. The minimum Gasteiger partial charge on any atom is -0.481 e. The van der Waals surface area contributed by atoms with Gasteiger partial charge < -0.3 is 10.1 Å². The lowest BCUT2D eigenvalue weighted by Gasteiger charge is -2.06. The first kappa shape index (κ1) is 12.9. The molecule has 0 bridgehead atoms. The molecule has 3 heteroatoms. The summed E-state index contributed by atoms with van der Waals surface area (Å²) in [7, 11) is 0. The summed E-state index contributed by atoms with van der Waals surface area (Å²) in [5, 5.41) is 2.78. The second kappa shape index (κ2) is 7.13. The summed E-state index contributed by atoms with van der Waals surface area (Å²) >= 11 is 0. The fraction of sp³-hybridized carbons (Fsp3) is 0.214. The van der Waals surface area contributed by atoms with Crippen LogP contribution in [0, 0.1) is 12.3 Å². The predicted octanol–water partition coefficient (Wildman–Crippen LogP) is 2.60. The predicted molar refractivity (Wildman–Crippen MR) is 68.8 cm³/mol. The average Bonchev–Trinajstić information content (AvgIpc) is 2.35. The van der Waals surface area contributed by atoms with Crippen LogP contribution in [0.1, 0.15) is 12.8 Å².